The topological polar surface area (TPSA) is 38.3 Å². The monoisotopic (exact) mass is 478 g/mol. The second-order valence-corrected chi connectivity index (χ2v) is 9.08. The molecule has 0 aromatic heterocycles. The fourth-order valence-corrected chi connectivity index (χ4v) is 5.13. The third-order valence-corrected chi connectivity index (χ3v) is 6.93. The van der Waals surface area contributed by atoms with Gasteiger partial charge in [-0.05, 0) is 30.2 Å². The maximum absolute atomic E-state index is 12.7. The van der Waals surface area contributed by atoms with Crippen molar-refractivity contribution in [2.75, 3.05) is 19.4 Å². The van der Waals surface area contributed by atoms with Crippen molar-refractivity contribution in [3.63, 3.8) is 0 Å². The number of piperidine rings is 1. The van der Waals surface area contributed by atoms with Gasteiger partial charge < -0.3 is 26.2 Å². The van der Waals surface area contributed by atoms with Gasteiger partial charge in [0.1, 0.15) is 6.10 Å². The molecule has 2 aromatic rings. The zero-order valence-corrected chi connectivity index (χ0v) is 19.5. The van der Waals surface area contributed by atoms with Gasteiger partial charge in [-0.1, -0.05) is 41.9 Å². The fourth-order valence-electron chi connectivity index (χ4n) is 4.94. The Bertz CT molecular complexity index is 886. The summed E-state index contributed by atoms with van der Waals surface area (Å²) < 4.78 is 6.92. The number of carbonyl (C=O) groups is 1. The third-order valence-electron chi connectivity index (χ3n) is 6.69. The SMILES string of the molecule is Cc1cccc(-c2cccc(Cl)c2)c1NC(=O)O[C@H]1C[C@H]2CC[C@@H](C1)[N+]2(C)C.[Br-]. The predicted molar refractivity (Wildman–Crippen MR) is 114 cm³/mol. The van der Waals surface area contributed by atoms with Gasteiger partial charge in [-0.15, -0.1) is 0 Å². The van der Waals surface area contributed by atoms with Crippen LogP contribution in [0.4, 0.5) is 10.5 Å². The van der Waals surface area contributed by atoms with E-state index in [1.165, 1.54) is 12.8 Å². The minimum Gasteiger partial charge on any atom is -1.00 e. The number of hydrogen-bond donors (Lipinski definition) is 1. The van der Waals surface area contributed by atoms with Crippen LogP contribution >= 0.6 is 11.6 Å². The van der Waals surface area contributed by atoms with Crippen molar-refractivity contribution >= 4 is 23.4 Å². The van der Waals surface area contributed by atoms with Crippen molar-refractivity contribution in [2.45, 2.75) is 50.8 Å². The minimum absolute atomic E-state index is 0. The number of halogens is 2. The lowest BCUT2D eigenvalue weighted by Crippen LogP contribution is -3.00. The van der Waals surface area contributed by atoms with Gasteiger partial charge in [-0.2, -0.15) is 0 Å². The predicted octanol–water partition coefficient (Wildman–Crippen LogP) is 2.64. The van der Waals surface area contributed by atoms with Gasteiger partial charge in [0.15, 0.2) is 0 Å². The minimum atomic E-state index is -0.366. The van der Waals surface area contributed by atoms with Crippen molar-refractivity contribution in [2.24, 2.45) is 0 Å². The molecular weight excluding hydrogens is 452 g/mol. The van der Waals surface area contributed by atoms with Gasteiger partial charge >= 0.3 is 6.09 Å². The molecule has 0 aliphatic carbocycles. The average molecular weight is 480 g/mol. The van der Waals surface area contributed by atoms with E-state index < -0.39 is 0 Å². The molecule has 2 aliphatic heterocycles. The number of aryl methyl sites for hydroxylation is 1. The molecule has 3 atom stereocenters. The summed E-state index contributed by atoms with van der Waals surface area (Å²) in [4.78, 5) is 12.7. The highest BCUT2D eigenvalue weighted by Gasteiger charge is 2.49. The summed E-state index contributed by atoms with van der Waals surface area (Å²) in [5, 5.41) is 3.68. The molecular formula is C23H28BrClN2O2. The summed E-state index contributed by atoms with van der Waals surface area (Å²) in [7, 11) is 4.62. The first-order chi connectivity index (χ1) is 13.3. The van der Waals surface area contributed by atoms with Gasteiger partial charge in [0.25, 0.3) is 0 Å². The van der Waals surface area contributed by atoms with E-state index in [0.29, 0.717) is 17.1 Å². The molecule has 2 saturated heterocycles. The summed E-state index contributed by atoms with van der Waals surface area (Å²) in [5.41, 5.74) is 3.70. The fraction of sp³-hybridized carbons (Fsp3) is 0.435. The largest absolute Gasteiger partial charge is 1.00 e. The second kappa shape index (κ2) is 8.66. The molecule has 2 fully saturated rings. The summed E-state index contributed by atoms with van der Waals surface area (Å²) in [6.07, 6.45) is 4.00. The normalized spacial score (nSPS) is 24.5. The lowest BCUT2D eigenvalue weighted by Gasteiger charge is -2.43. The van der Waals surface area contributed by atoms with Crippen LogP contribution in [0.25, 0.3) is 11.1 Å². The van der Waals surface area contributed by atoms with E-state index in [4.69, 9.17) is 16.3 Å². The van der Waals surface area contributed by atoms with Crippen molar-refractivity contribution in [3.05, 3.63) is 53.1 Å². The molecule has 2 aromatic carbocycles. The summed E-state index contributed by atoms with van der Waals surface area (Å²) in [5.74, 6) is 0. The molecule has 2 aliphatic rings. The molecule has 0 saturated carbocycles. The number of benzene rings is 2. The van der Waals surface area contributed by atoms with Crippen molar-refractivity contribution < 1.29 is 31.0 Å². The first-order valence-electron chi connectivity index (χ1n) is 10.0. The first kappa shape index (κ1) is 22.1. The van der Waals surface area contributed by atoms with E-state index in [2.05, 4.69) is 19.4 Å². The van der Waals surface area contributed by atoms with E-state index in [1.54, 1.807) is 0 Å². The van der Waals surface area contributed by atoms with Crippen molar-refractivity contribution in [1.29, 1.82) is 0 Å². The molecule has 156 valence electrons. The van der Waals surface area contributed by atoms with Gasteiger partial charge in [0.05, 0.1) is 31.9 Å². The Morgan fingerprint density at radius 3 is 2.41 bits per heavy atom. The molecule has 0 radical (unpaired) electrons. The molecule has 1 amide bonds. The van der Waals surface area contributed by atoms with Crippen LogP contribution in [0, 0.1) is 6.92 Å². The molecule has 29 heavy (non-hydrogen) atoms. The zero-order chi connectivity index (χ0) is 19.9. The lowest BCUT2D eigenvalue weighted by molar-refractivity contribution is -0.931. The maximum atomic E-state index is 12.7. The molecule has 2 heterocycles. The van der Waals surface area contributed by atoms with Crippen molar-refractivity contribution in [3.8, 4) is 11.1 Å². The van der Waals surface area contributed by atoms with Crippen LogP contribution in [0.15, 0.2) is 42.5 Å². The number of hydrogen-bond acceptors (Lipinski definition) is 2. The third kappa shape index (κ3) is 4.47. The van der Waals surface area contributed by atoms with Crippen LogP contribution in [-0.4, -0.2) is 42.9 Å². The van der Waals surface area contributed by atoms with Gasteiger partial charge in [0, 0.05) is 36.3 Å². The number of carbonyl (C=O) groups excluding carboxylic acids is 1. The molecule has 4 rings (SSSR count). The molecule has 4 nitrogen and oxygen atoms in total. The van der Waals surface area contributed by atoms with E-state index >= 15 is 0 Å². The molecule has 0 unspecified atom stereocenters. The number of nitrogens with one attached hydrogen (secondary N) is 1. The number of ether oxygens (including phenoxy) is 1. The Balaban J connectivity index is 0.00000240. The number of para-hydroxylation sites is 1. The second-order valence-electron chi connectivity index (χ2n) is 8.65. The van der Waals surface area contributed by atoms with Gasteiger partial charge in [0.2, 0.25) is 0 Å². The van der Waals surface area contributed by atoms with Crippen LogP contribution in [0.2, 0.25) is 5.02 Å². The quantitative estimate of drug-likeness (QED) is 0.688. The summed E-state index contributed by atoms with van der Waals surface area (Å²) >= 11 is 6.16. The van der Waals surface area contributed by atoms with E-state index in [1.807, 2.05) is 49.4 Å². The maximum Gasteiger partial charge on any atom is 0.411 e. The van der Waals surface area contributed by atoms with E-state index in [0.717, 1.165) is 39.7 Å². The van der Waals surface area contributed by atoms with Gasteiger partial charge in [-0.3, -0.25) is 5.32 Å². The average Bonchev–Trinajstić information content (AvgIpc) is 2.81. The summed E-state index contributed by atoms with van der Waals surface area (Å²) in [6.45, 7) is 1.99. The van der Waals surface area contributed by atoms with Crippen LogP contribution in [0.5, 0.6) is 0 Å². The Labute approximate surface area is 188 Å². The zero-order valence-electron chi connectivity index (χ0n) is 17.1. The number of quaternary nitrogens is 1. The number of amides is 1. The lowest BCUT2D eigenvalue weighted by atomic mass is 9.98. The molecule has 1 N–H and O–H groups in total. The van der Waals surface area contributed by atoms with Crippen LogP contribution in [0.1, 0.15) is 31.2 Å². The molecule has 2 bridgehead atoms. The Morgan fingerprint density at radius 1 is 1.10 bits per heavy atom. The van der Waals surface area contributed by atoms with Crippen LogP contribution < -0.4 is 22.3 Å². The first-order valence-corrected chi connectivity index (χ1v) is 10.4. The Hall–Kier alpha value is -1.56. The Kier molecular flexibility index (Phi) is 6.61. The standard InChI is InChI=1S/C23H27ClN2O2.BrH/c1-15-6-4-9-21(16-7-5-8-17(24)12-16)22(15)25-23(27)28-20-13-18-10-11-19(14-20)26(18,2)3;/h4-9,12,18-20H,10-11,13-14H2,1-3H3;1H/t18-,19+,20+;. The van der Waals surface area contributed by atoms with Crippen LogP contribution in [-0.2, 0) is 4.74 Å². The summed E-state index contributed by atoms with van der Waals surface area (Å²) in [6, 6.07) is 14.8. The number of fused-ring (bicyclic) bond motifs is 2. The highest BCUT2D eigenvalue weighted by atomic mass is 79.9. The smallest absolute Gasteiger partial charge is 0.411 e. The van der Waals surface area contributed by atoms with Crippen LogP contribution in [0.3, 0.4) is 0 Å². The van der Waals surface area contributed by atoms with E-state index in [9.17, 15) is 4.79 Å². The number of rotatable bonds is 3. The number of nitrogens with zero attached hydrogens (tertiary/aromatic N) is 1. The van der Waals surface area contributed by atoms with E-state index in [-0.39, 0.29) is 29.2 Å². The highest BCUT2D eigenvalue weighted by molar-refractivity contribution is 6.30. The number of anilines is 1. The molecule has 6 heteroatoms. The molecule has 0 spiro atoms. The Morgan fingerprint density at radius 2 is 1.76 bits per heavy atom. The van der Waals surface area contributed by atoms with Gasteiger partial charge in [-0.25, -0.2) is 4.79 Å². The van der Waals surface area contributed by atoms with Crippen molar-refractivity contribution in [1.82, 2.24) is 0 Å². The highest BCUT2D eigenvalue weighted by Crippen LogP contribution is 2.40.